The second-order valence-corrected chi connectivity index (χ2v) is 11.2. The Bertz CT molecular complexity index is 366. The zero-order valence-corrected chi connectivity index (χ0v) is 13.3. The summed E-state index contributed by atoms with van der Waals surface area (Å²) in [4.78, 5) is 0. The summed E-state index contributed by atoms with van der Waals surface area (Å²) in [7, 11) is -1.97. The minimum atomic E-state index is -1.97. The summed E-state index contributed by atoms with van der Waals surface area (Å²) in [5.41, 5.74) is 1.47. The van der Waals surface area contributed by atoms with Gasteiger partial charge in [0.25, 0.3) is 8.32 Å². The van der Waals surface area contributed by atoms with Crippen molar-refractivity contribution in [2.24, 2.45) is 0 Å². The molecule has 18 heavy (non-hydrogen) atoms. The van der Waals surface area contributed by atoms with Crippen LogP contribution >= 0.6 is 0 Å². The molecule has 1 rings (SSSR count). The molecule has 3 heteroatoms. The minimum Gasteiger partial charge on any atom is -0.543 e. The first-order valence-electron chi connectivity index (χ1n) is 6.67. The molecule has 0 aromatic heterocycles. The van der Waals surface area contributed by atoms with Crippen molar-refractivity contribution in [1.29, 1.82) is 0 Å². The summed E-state index contributed by atoms with van der Waals surface area (Å²) >= 11 is 0. The van der Waals surface area contributed by atoms with E-state index in [4.69, 9.17) is 4.43 Å². The SMILES string of the molecule is CC(C)[Si](Oc1cc[c]c(F)c1)(C(C)C)C(C)C. The lowest BCUT2D eigenvalue weighted by molar-refractivity contribution is 0.475. The van der Waals surface area contributed by atoms with E-state index in [1.54, 1.807) is 12.1 Å². The van der Waals surface area contributed by atoms with Crippen LogP contribution in [0.4, 0.5) is 4.39 Å². The molecule has 0 spiro atoms. The Morgan fingerprint density at radius 3 is 1.94 bits per heavy atom. The molecular weight excluding hydrogens is 243 g/mol. The lowest BCUT2D eigenvalue weighted by atomic mass is 10.3. The second kappa shape index (κ2) is 5.87. The number of halogens is 1. The number of hydrogen-bond donors (Lipinski definition) is 0. The van der Waals surface area contributed by atoms with E-state index in [1.165, 1.54) is 6.07 Å². The Morgan fingerprint density at radius 1 is 1.06 bits per heavy atom. The first-order chi connectivity index (χ1) is 8.30. The summed E-state index contributed by atoms with van der Waals surface area (Å²) in [6.07, 6.45) is 0. The van der Waals surface area contributed by atoms with Crippen molar-refractivity contribution in [2.75, 3.05) is 0 Å². The number of hydrogen-bond acceptors (Lipinski definition) is 1. The predicted octanol–water partition coefficient (Wildman–Crippen LogP) is 5.18. The van der Waals surface area contributed by atoms with Crippen molar-refractivity contribution in [1.82, 2.24) is 0 Å². The topological polar surface area (TPSA) is 9.23 Å². The molecule has 0 amide bonds. The molecule has 1 aromatic rings. The fourth-order valence-electron chi connectivity index (χ4n) is 3.04. The zero-order valence-electron chi connectivity index (χ0n) is 12.3. The predicted molar refractivity (Wildman–Crippen MR) is 76.9 cm³/mol. The molecule has 0 saturated heterocycles. The molecule has 0 aliphatic heterocycles. The van der Waals surface area contributed by atoms with E-state index in [-0.39, 0.29) is 5.82 Å². The fourth-order valence-corrected chi connectivity index (χ4v) is 8.28. The van der Waals surface area contributed by atoms with Gasteiger partial charge in [0.1, 0.15) is 11.6 Å². The van der Waals surface area contributed by atoms with Gasteiger partial charge in [0.05, 0.1) is 0 Å². The van der Waals surface area contributed by atoms with Gasteiger partial charge in [-0.1, -0.05) is 41.5 Å². The van der Waals surface area contributed by atoms with Gasteiger partial charge < -0.3 is 4.43 Å². The molecule has 0 aliphatic carbocycles. The van der Waals surface area contributed by atoms with Crippen molar-refractivity contribution in [3.8, 4) is 5.75 Å². The molecule has 0 saturated carbocycles. The van der Waals surface area contributed by atoms with Crippen molar-refractivity contribution in [3.63, 3.8) is 0 Å². The van der Waals surface area contributed by atoms with Crippen molar-refractivity contribution in [2.45, 2.75) is 58.2 Å². The third-order valence-electron chi connectivity index (χ3n) is 3.74. The van der Waals surface area contributed by atoms with E-state index in [0.29, 0.717) is 22.4 Å². The van der Waals surface area contributed by atoms with Crippen LogP contribution in [-0.4, -0.2) is 8.32 Å². The fraction of sp³-hybridized carbons (Fsp3) is 0.600. The van der Waals surface area contributed by atoms with Gasteiger partial charge in [-0.2, -0.15) is 0 Å². The Morgan fingerprint density at radius 2 is 1.56 bits per heavy atom. The van der Waals surface area contributed by atoms with E-state index in [2.05, 4.69) is 47.6 Å². The molecule has 101 valence electrons. The van der Waals surface area contributed by atoms with Gasteiger partial charge in [0, 0.05) is 12.1 Å². The normalized spacial score (nSPS) is 12.6. The Hall–Kier alpha value is -0.833. The summed E-state index contributed by atoms with van der Waals surface area (Å²) in [6.45, 7) is 13.3. The monoisotopic (exact) mass is 267 g/mol. The van der Waals surface area contributed by atoms with Crippen LogP contribution in [0.15, 0.2) is 18.2 Å². The van der Waals surface area contributed by atoms with Crippen molar-refractivity contribution < 1.29 is 8.82 Å². The highest BCUT2D eigenvalue weighted by Gasteiger charge is 2.46. The van der Waals surface area contributed by atoms with Crippen LogP contribution in [0.3, 0.4) is 0 Å². The number of benzene rings is 1. The van der Waals surface area contributed by atoms with Gasteiger partial charge >= 0.3 is 0 Å². The molecule has 1 nitrogen and oxygen atoms in total. The molecular formula is C15H24FOSi. The molecule has 0 N–H and O–H groups in total. The minimum absolute atomic E-state index is 0.355. The maximum Gasteiger partial charge on any atom is 0.258 e. The van der Waals surface area contributed by atoms with Crippen LogP contribution in [0.25, 0.3) is 0 Å². The van der Waals surface area contributed by atoms with E-state index >= 15 is 0 Å². The third kappa shape index (κ3) is 2.94. The van der Waals surface area contributed by atoms with Gasteiger partial charge in [-0.25, -0.2) is 4.39 Å². The summed E-state index contributed by atoms with van der Waals surface area (Å²) < 4.78 is 19.6. The number of rotatable bonds is 5. The van der Waals surface area contributed by atoms with E-state index in [0.717, 1.165) is 0 Å². The first-order valence-corrected chi connectivity index (χ1v) is 8.81. The molecule has 1 radical (unpaired) electrons. The van der Waals surface area contributed by atoms with Gasteiger partial charge in [-0.15, -0.1) is 0 Å². The highest BCUT2D eigenvalue weighted by molar-refractivity contribution is 6.78. The standard InChI is InChI=1S/C15H24FOSi/c1-11(2)18(12(3)4,13(5)6)17-15-9-7-8-14(16)10-15/h7,9-13H,1-6H3. The average molecular weight is 267 g/mol. The summed E-state index contributed by atoms with van der Waals surface area (Å²) in [6, 6.07) is 7.34. The van der Waals surface area contributed by atoms with E-state index < -0.39 is 8.32 Å². The lowest BCUT2D eigenvalue weighted by Gasteiger charge is -2.42. The Balaban J connectivity index is 3.12. The highest BCUT2D eigenvalue weighted by Crippen LogP contribution is 2.42. The molecule has 0 aliphatic rings. The zero-order chi connectivity index (χ0) is 13.9. The van der Waals surface area contributed by atoms with Crippen LogP contribution in [0.2, 0.25) is 16.6 Å². The Labute approximate surface area is 111 Å². The average Bonchev–Trinajstić information content (AvgIpc) is 2.24. The molecule has 0 atom stereocenters. The maximum absolute atomic E-state index is 13.2. The van der Waals surface area contributed by atoms with Crippen LogP contribution < -0.4 is 4.43 Å². The third-order valence-corrected chi connectivity index (χ3v) is 9.74. The van der Waals surface area contributed by atoms with Crippen molar-refractivity contribution in [3.05, 3.63) is 30.1 Å². The van der Waals surface area contributed by atoms with Crippen LogP contribution in [0.1, 0.15) is 41.5 Å². The quantitative estimate of drug-likeness (QED) is 0.668. The summed E-state index contributed by atoms with van der Waals surface area (Å²) in [5.74, 6) is 0.292. The van der Waals surface area contributed by atoms with Crippen molar-refractivity contribution >= 4 is 8.32 Å². The molecule has 0 bridgehead atoms. The molecule has 1 aromatic carbocycles. The van der Waals surface area contributed by atoms with E-state index in [9.17, 15) is 4.39 Å². The van der Waals surface area contributed by atoms with Gasteiger partial charge in [-0.05, 0) is 28.8 Å². The Kier molecular flexibility index (Phi) is 4.97. The van der Waals surface area contributed by atoms with Crippen LogP contribution in [-0.2, 0) is 0 Å². The van der Waals surface area contributed by atoms with E-state index in [1.807, 2.05) is 0 Å². The van der Waals surface area contributed by atoms with Crippen LogP contribution in [0.5, 0.6) is 5.75 Å². The smallest absolute Gasteiger partial charge is 0.258 e. The second-order valence-electron chi connectivity index (χ2n) is 5.79. The molecule has 0 unspecified atom stereocenters. The first kappa shape index (κ1) is 15.2. The van der Waals surface area contributed by atoms with Crippen LogP contribution in [0, 0.1) is 11.9 Å². The highest BCUT2D eigenvalue weighted by atomic mass is 28.4. The lowest BCUT2D eigenvalue weighted by Crippen LogP contribution is -2.50. The van der Waals surface area contributed by atoms with Gasteiger partial charge in [0.15, 0.2) is 0 Å². The van der Waals surface area contributed by atoms with Gasteiger partial charge in [-0.3, -0.25) is 0 Å². The van der Waals surface area contributed by atoms with Gasteiger partial charge in [0.2, 0.25) is 0 Å². The summed E-state index contributed by atoms with van der Waals surface area (Å²) in [5, 5.41) is 0. The largest absolute Gasteiger partial charge is 0.543 e. The molecule has 0 fully saturated rings. The maximum atomic E-state index is 13.2. The molecule has 0 heterocycles.